The fraction of sp³-hybridized carbons (Fsp3) is 0.333. The van der Waals surface area contributed by atoms with Gasteiger partial charge in [0.2, 0.25) is 0 Å². The van der Waals surface area contributed by atoms with E-state index < -0.39 is 0 Å². The lowest BCUT2D eigenvalue weighted by Gasteiger charge is -2.05. The molecule has 110 valence electrons. The summed E-state index contributed by atoms with van der Waals surface area (Å²) < 4.78 is 5.36. The van der Waals surface area contributed by atoms with E-state index in [2.05, 4.69) is 10.4 Å². The molecule has 2 aromatic rings. The zero-order valence-electron chi connectivity index (χ0n) is 11.8. The fourth-order valence-electron chi connectivity index (χ4n) is 2.33. The van der Waals surface area contributed by atoms with E-state index in [9.17, 15) is 4.79 Å². The third-order valence-corrected chi connectivity index (χ3v) is 4.60. The number of para-hydroxylation sites is 1. The van der Waals surface area contributed by atoms with Gasteiger partial charge in [-0.15, -0.1) is 11.3 Å². The van der Waals surface area contributed by atoms with Gasteiger partial charge in [0.15, 0.2) is 0 Å². The van der Waals surface area contributed by atoms with E-state index in [1.54, 1.807) is 7.11 Å². The van der Waals surface area contributed by atoms with Gasteiger partial charge >= 0.3 is 0 Å². The van der Waals surface area contributed by atoms with E-state index in [-0.39, 0.29) is 5.91 Å². The standard InChI is InChI=1S/C15H17N3O2S/c1-20-11-5-3-2-4-10(11)8-12-17-13(9-6-7-9)14(21-12)15(19)18-16/h2-5,9H,6-8,16H2,1H3,(H,18,19). The molecule has 0 aliphatic heterocycles. The lowest BCUT2D eigenvalue weighted by molar-refractivity contribution is 0.0956. The van der Waals surface area contributed by atoms with Crippen molar-refractivity contribution >= 4 is 17.2 Å². The topological polar surface area (TPSA) is 77.2 Å². The number of nitrogens with two attached hydrogens (primary N) is 1. The van der Waals surface area contributed by atoms with Gasteiger partial charge in [-0.05, 0) is 18.9 Å². The maximum Gasteiger partial charge on any atom is 0.277 e. The van der Waals surface area contributed by atoms with E-state index in [1.807, 2.05) is 24.3 Å². The Labute approximate surface area is 127 Å². The molecule has 1 amide bonds. The van der Waals surface area contributed by atoms with Crippen molar-refractivity contribution < 1.29 is 9.53 Å². The van der Waals surface area contributed by atoms with Crippen LogP contribution in [0.4, 0.5) is 0 Å². The van der Waals surface area contributed by atoms with Gasteiger partial charge in [0.05, 0.1) is 17.8 Å². The summed E-state index contributed by atoms with van der Waals surface area (Å²) in [6, 6.07) is 7.85. The van der Waals surface area contributed by atoms with Crippen LogP contribution in [0.15, 0.2) is 24.3 Å². The van der Waals surface area contributed by atoms with Crippen LogP contribution < -0.4 is 16.0 Å². The van der Waals surface area contributed by atoms with E-state index >= 15 is 0 Å². The molecular weight excluding hydrogens is 286 g/mol. The molecule has 1 fully saturated rings. The molecule has 1 aliphatic carbocycles. The molecule has 21 heavy (non-hydrogen) atoms. The number of hydrogen-bond donors (Lipinski definition) is 2. The Hall–Kier alpha value is -1.92. The van der Waals surface area contributed by atoms with Crippen LogP contribution in [0.5, 0.6) is 5.75 Å². The highest BCUT2D eigenvalue weighted by molar-refractivity contribution is 7.13. The minimum Gasteiger partial charge on any atom is -0.496 e. The maximum atomic E-state index is 11.9. The van der Waals surface area contributed by atoms with Crippen molar-refractivity contribution in [1.29, 1.82) is 0 Å². The van der Waals surface area contributed by atoms with Crippen molar-refractivity contribution in [2.45, 2.75) is 25.2 Å². The molecule has 1 aromatic heterocycles. The number of amides is 1. The number of carbonyl (C=O) groups excluding carboxylic acids is 1. The third kappa shape index (κ3) is 2.91. The fourth-order valence-corrected chi connectivity index (χ4v) is 3.40. The van der Waals surface area contributed by atoms with E-state index in [0.29, 0.717) is 17.2 Å². The molecule has 1 heterocycles. The Bertz CT molecular complexity index is 665. The second kappa shape index (κ2) is 5.83. The monoisotopic (exact) mass is 303 g/mol. The summed E-state index contributed by atoms with van der Waals surface area (Å²) in [6.45, 7) is 0. The highest BCUT2D eigenvalue weighted by atomic mass is 32.1. The molecule has 0 atom stereocenters. The Morgan fingerprint density at radius 2 is 2.24 bits per heavy atom. The number of carbonyl (C=O) groups is 1. The molecule has 1 aliphatic rings. The highest BCUT2D eigenvalue weighted by Gasteiger charge is 2.32. The second-order valence-corrected chi connectivity index (χ2v) is 6.14. The van der Waals surface area contributed by atoms with Gasteiger partial charge in [-0.2, -0.15) is 0 Å². The number of hydrazine groups is 1. The summed E-state index contributed by atoms with van der Waals surface area (Å²) in [5, 5.41) is 0.917. The summed E-state index contributed by atoms with van der Waals surface area (Å²) in [5.74, 6) is 6.27. The zero-order valence-corrected chi connectivity index (χ0v) is 12.6. The summed E-state index contributed by atoms with van der Waals surface area (Å²) in [4.78, 5) is 17.2. The van der Waals surface area contributed by atoms with Crippen LogP contribution >= 0.6 is 11.3 Å². The predicted molar refractivity (Wildman–Crippen MR) is 81.5 cm³/mol. The van der Waals surface area contributed by atoms with Gasteiger partial charge in [-0.25, -0.2) is 10.8 Å². The van der Waals surface area contributed by atoms with Crippen molar-refractivity contribution in [1.82, 2.24) is 10.4 Å². The molecule has 1 aromatic carbocycles. The summed E-state index contributed by atoms with van der Waals surface area (Å²) in [6.07, 6.45) is 2.86. The SMILES string of the molecule is COc1ccccc1Cc1nc(C2CC2)c(C(=O)NN)s1. The molecule has 0 spiro atoms. The number of ether oxygens (including phenoxy) is 1. The van der Waals surface area contributed by atoms with Crippen molar-refractivity contribution in [3.63, 3.8) is 0 Å². The van der Waals surface area contributed by atoms with Gasteiger partial charge in [-0.3, -0.25) is 10.2 Å². The van der Waals surface area contributed by atoms with Crippen LogP contribution in [0.1, 0.15) is 44.7 Å². The summed E-state index contributed by atoms with van der Waals surface area (Å²) in [7, 11) is 1.66. The molecule has 0 bridgehead atoms. The summed E-state index contributed by atoms with van der Waals surface area (Å²) in [5.41, 5.74) is 4.17. The Morgan fingerprint density at radius 1 is 1.48 bits per heavy atom. The number of rotatable bonds is 5. The number of nitrogen functional groups attached to an aromatic ring is 1. The van der Waals surface area contributed by atoms with E-state index in [4.69, 9.17) is 10.6 Å². The maximum absolute atomic E-state index is 11.9. The van der Waals surface area contributed by atoms with Gasteiger partial charge in [0.25, 0.3) is 5.91 Å². The molecule has 6 heteroatoms. The van der Waals surface area contributed by atoms with Crippen molar-refractivity contribution in [2.75, 3.05) is 7.11 Å². The van der Waals surface area contributed by atoms with Crippen molar-refractivity contribution in [3.05, 3.63) is 45.4 Å². The second-order valence-electron chi connectivity index (χ2n) is 5.06. The number of nitrogens with zero attached hydrogens (tertiary/aromatic N) is 1. The molecule has 3 rings (SSSR count). The van der Waals surface area contributed by atoms with Gasteiger partial charge < -0.3 is 4.74 Å². The molecule has 0 unspecified atom stereocenters. The molecule has 5 nitrogen and oxygen atoms in total. The minimum absolute atomic E-state index is 0.249. The van der Waals surface area contributed by atoms with Crippen LogP contribution in [0, 0.1) is 0 Å². The number of aromatic nitrogens is 1. The predicted octanol–water partition coefficient (Wildman–Crippen LogP) is 2.22. The average Bonchev–Trinajstić information content (AvgIpc) is 3.28. The molecule has 1 saturated carbocycles. The number of methoxy groups -OCH3 is 1. The van der Waals surface area contributed by atoms with Gasteiger partial charge in [-0.1, -0.05) is 18.2 Å². The first-order valence-electron chi connectivity index (χ1n) is 6.85. The van der Waals surface area contributed by atoms with Crippen LogP contribution in [-0.2, 0) is 6.42 Å². The number of benzene rings is 1. The quantitative estimate of drug-likeness (QED) is 0.504. The minimum atomic E-state index is -0.249. The number of thiazole rings is 1. The summed E-state index contributed by atoms with van der Waals surface area (Å²) >= 11 is 1.42. The van der Waals surface area contributed by atoms with E-state index in [0.717, 1.165) is 34.9 Å². The zero-order chi connectivity index (χ0) is 14.8. The van der Waals surface area contributed by atoms with Crippen LogP contribution in [0.3, 0.4) is 0 Å². The van der Waals surface area contributed by atoms with Crippen molar-refractivity contribution in [3.8, 4) is 5.75 Å². The molecule has 0 radical (unpaired) electrons. The van der Waals surface area contributed by atoms with Crippen molar-refractivity contribution in [2.24, 2.45) is 5.84 Å². The average molecular weight is 303 g/mol. The highest BCUT2D eigenvalue weighted by Crippen LogP contribution is 2.43. The smallest absolute Gasteiger partial charge is 0.277 e. The molecule has 0 saturated heterocycles. The number of hydrogen-bond acceptors (Lipinski definition) is 5. The first kappa shape index (κ1) is 14.0. The van der Waals surface area contributed by atoms with Gasteiger partial charge in [0.1, 0.15) is 10.6 Å². The molecular formula is C15H17N3O2S. The first-order chi connectivity index (χ1) is 10.2. The number of nitrogens with one attached hydrogen (secondary N) is 1. The Kier molecular flexibility index (Phi) is 3.90. The van der Waals surface area contributed by atoms with Crippen LogP contribution in [0.2, 0.25) is 0 Å². The lowest BCUT2D eigenvalue weighted by atomic mass is 10.1. The first-order valence-corrected chi connectivity index (χ1v) is 7.67. The van der Waals surface area contributed by atoms with Crippen LogP contribution in [0.25, 0.3) is 0 Å². The van der Waals surface area contributed by atoms with Gasteiger partial charge in [0, 0.05) is 17.9 Å². The Morgan fingerprint density at radius 3 is 2.90 bits per heavy atom. The van der Waals surface area contributed by atoms with E-state index in [1.165, 1.54) is 11.3 Å². The normalized spacial score (nSPS) is 14.0. The molecule has 3 N–H and O–H groups in total. The lowest BCUT2D eigenvalue weighted by Crippen LogP contribution is -2.30. The third-order valence-electron chi connectivity index (χ3n) is 3.53. The Balaban J connectivity index is 1.90. The largest absolute Gasteiger partial charge is 0.496 e. The van der Waals surface area contributed by atoms with Crippen LogP contribution in [-0.4, -0.2) is 18.0 Å².